The lowest BCUT2D eigenvalue weighted by Gasteiger charge is -2.38. The maximum absolute atomic E-state index is 14.0. The third-order valence-electron chi connectivity index (χ3n) is 8.08. The number of benzene rings is 1. The standard InChI is InChI=1S/C30H41F4N5O3/c1-5-6-19-7-8-21(30(3,33)34)15-20(19)16-35-27-18(2)25(37-28(38-27)26(31)32)29(40)39-12-9-22(10-13-39)36-23-11-14-42-17-24(23)41-4/h7-8,15,22-24,26,36H,5-6,9-14,16-17H2,1-4H3,(H,35,37,38). The Morgan fingerprint density at radius 3 is 2.57 bits per heavy atom. The van der Waals surface area contributed by atoms with Gasteiger partial charge in [0.2, 0.25) is 0 Å². The number of nitrogens with zero attached hydrogens (tertiary/aromatic N) is 3. The quantitative estimate of drug-likeness (QED) is 0.337. The maximum Gasteiger partial charge on any atom is 0.297 e. The number of aromatic nitrogens is 2. The van der Waals surface area contributed by atoms with Crippen LogP contribution in [0.25, 0.3) is 0 Å². The fraction of sp³-hybridized carbons (Fsp3) is 0.633. The first-order chi connectivity index (χ1) is 20.0. The van der Waals surface area contributed by atoms with E-state index in [0.29, 0.717) is 56.7 Å². The molecule has 2 aliphatic rings. The number of aryl methyl sites for hydroxylation is 1. The van der Waals surface area contributed by atoms with Gasteiger partial charge in [-0.2, -0.15) is 0 Å². The van der Waals surface area contributed by atoms with Crippen molar-refractivity contribution in [3.63, 3.8) is 0 Å². The minimum atomic E-state index is -3.02. The zero-order chi connectivity index (χ0) is 30.4. The molecule has 232 valence electrons. The number of carbonyl (C=O) groups excluding carboxylic acids is 1. The maximum atomic E-state index is 14.0. The number of ether oxygens (including phenoxy) is 2. The summed E-state index contributed by atoms with van der Waals surface area (Å²) in [5.74, 6) is -4.12. The molecule has 2 atom stereocenters. The van der Waals surface area contributed by atoms with Crippen LogP contribution in [0, 0.1) is 6.92 Å². The molecule has 1 amide bonds. The molecule has 8 nitrogen and oxygen atoms in total. The molecule has 0 bridgehead atoms. The van der Waals surface area contributed by atoms with Crippen molar-refractivity contribution in [1.29, 1.82) is 0 Å². The van der Waals surface area contributed by atoms with Crippen LogP contribution < -0.4 is 10.6 Å². The predicted molar refractivity (Wildman–Crippen MR) is 151 cm³/mol. The lowest BCUT2D eigenvalue weighted by Crippen LogP contribution is -2.54. The van der Waals surface area contributed by atoms with E-state index in [9.17, 15) is 22.4 Å². The molecule has 1 aromatic carbocycles. The summed E-state index contributed by atoms with van der Waals surface area (Å²) in [6.07, 6.45) is 0.717. The molecule has 2 aromatic rings. The van der Waals surface area contributed by atoms with Crippen molar-refractivity contribution in [3.05, 3.63) is 52.0 Å². The second-order valence-electron chi connectivity index (χ2n) is 11.2. The summed E-state index contributed by atoms with van der Waals surface area (Å²) in [5.41, 5.74) is 1.62. The Morgan fingerprint density at radius 2 is 1.93 bits per heavy atom. The Labute approximate surface area is 244 Å². The highest BCUT2D eigenvalue weighted by molar-refractivity contribution is 5.94. The molecule has 0 radical (unpaired) electrons. The second kappa shape index (κ2) is 14.1. The van der Waals surface area contributed by atoms with Gasteiger partial charge in [-0.05, 0) is 49.8 Å². The Kier molecular flexibility index (Phi) is 10.8. The highest BCUT2D eigenvalue weighted by Crippen LogP contribution is 2.30. The van der Waals surface area contributed by atoms with E-state index < -0.39 is 24.1 Å². The van der Waals surface area contributed by atoms with E-state index in [1.807, 2.05) is 6.92 Å². The van der Waals surface area contributed by atoms with E-state index in [0.717, 1.165) is 25.3 Å². The van der Waals surface area contributed by atoms with Gasteiger partial charge in [0.15, 0.2) is 5.82 Å². The van der Waals surface area contributed by atoms with Crippen LogP contribution in [0.3, 0.4) is 0 Å². The molecule has 12 heteroatoms. The average molecular weight is 596 g/mol. The molecule has 0 aliphatic carbocycles. The van der Waals surface area contributed by atoms with Crippen molar-refractivity contribution in [2.45, 2.75) is 90.0 Å². The van der Waals surface area contributed by atoms with E-state index in [-0.39, 0.29) is 41.8 Å². The number of rotatable bonds is 11. The first-order valence-corrected chi connectivity index (χ1v) is 14.6. The van der Waals surface area contributed by atoms with Crippen molar-refractivity contribution in [2.75, 3.05) is 38.7 Å². The molecule has 2 saturated heterocycles. The lowest BCUT2D eigenvalue weighted by atomic mass is 9.98. The molecule has 4 rings (SSSR count). The zero-order valence-electron chi connectivity index (χ0n) is 24.7. The number of likely N-dealkylation sites (tertiary alicyclic amines) is 1. The molecule has 3 heterocycles. The molecular formula is C30H41F4N5O3. The van der Waals surface area contributed by atoms with Crippen LogP contribution in [0.15, 0.2) is 18.2 Å². The summed E-state index contributed by atoms with van der Waals surface area (Å²) in [4.78, 5) is 23.1. The molecule has 2 aliphatic heterocycles. The fourth-order valence-electron chi connectivity index (χ4n) is 5.60. The van der Waals surface area contributed by atoms with Gasteiger partial charge in [0.05, 0.1) is 12.7 Å². The lowest BCUT2D eigenvalue weighted by molar-refractivity contribution is -0.0533. The highest BCUT2D eigenvalue weighted by Gasteiger charge is 2.32. The third-order valence-corrected chi connectivity index (χ3v) is 8.08. The molecule has 0 saturated carbocycles. The molecule has 0 spiro atoms. The van der Waals surface area contributed by atoms with E-state index >= 15 is 0 Å². The number of methoxy groups -OCH3 is 1. The van der Waals surface area contributed by atoms with Gasteiger partial charge in [0, 0.05) is 63.5 Å². The Morgan fingerprint density at radius 1 is 1.19 bits per heavy atom. The summed E-state index contributed by atoms with van der Waals surface area (Å²) in [6, 6.07) is 4.88. The molecular weight excluding hydrogens is 554 g/mol. The second-order valence-corrected chi connectivity index (χ2v) is 11.2. The van der Waals surface area contributed by atoms with Crippen molar-refractivity contribution in [1.82, 2.24) is 20.2 Å². The Balaban J connectivity index is 1.49. The van der Waals surface area contributed by atoms with Crippen molar-refractivity contribution in [3.8, 4) is 0 Å². The van der Waals surface area contributed by atoms with E-state index in [2.05, 4.69) is 20.6 Å². The summed E-state index contributed by atoms with van der Waals surface area (Å²) < 4.78 is 66.7. The summed E-state index contributed by atoms with van der Waals surface area (Å²) in [6.45, 7) is 6.62. The number of nitrogens with one attached hydrogen (secondary N) is 2. The monoisotopic (exact) mass is 595 g/mol. The van der Waals surface area contributed by atoms with Crippen molar-refractivity contribution in [2.24, 2.45) is 0 Å². The van der Waals surface area contributed by atoms with Gasteiger partial charge in [-0.1, -0.05) is 25.5 Å². The van der Waals surface area contributed by atoms with E-state index in [4.69, 9.17) is 9.47 Å². The number of amides is 1. The van der Waals surface area contributed by atoms with Gasteiger partial charge in [0.25, 0.3) is 18.3 Å². The normalized spacial score (nSPS) is 20.3. The van der Waals surface area contributed by atoms with Crippen LogP contribution in [0.4, 0.5) is 23.4 Å². The van der Waals surface area contributed by atoms with Crippen LogP contribution in [0.2, 0.25) is 0 Å². The van der Waals surface area contributed by atoms with Crippen LogP contribution in [-0.2, 0) is 28.4 Å². The molecule has 2 fully saturated rings. The van der Waals surface area contributed by atoms with Crippen LogP contribution in [0.1, 0.15) is 84.5 Å². The third kappa shape index (κ3) is 7.76. The van der Waals surface area contributed by atoms with Gasteiger partial charge in [-0.25, -0.2) is 27.5 Å². The fourth-order valence-corrected chi connectivity index (χ4v) is 5.60. The minimum Gasteiger partial charge on any atom is -0.379 e. The number of carbonyl (C=O) groups is 1. The van der Waals surface area contributed by atoms with Gasteiger partial charge < -0.3 is 25.0 Å². The Bertz CT molecular complexity index is 1220. The minimum absolute atomic E-state index is 0.0280. The predicted octanol–water partition coefficient (Wildman–Crippen LogP) is 5.40. The van der Waals surface area contributed by atoms with Crippen molar-refractivity contribution < 1.29 is 31.8 Å². The topological polar surface area (TPSA) is 88.6 Å². The summed E-state index contributed by atoms with van der Waals surface area (Å²) >= 11 is 0. The highest BCUT2D eigenvalue weighted by atomic mass is 19.3. The van der Waals surface area contributed by atoms with Gasteiger partial charge >= 0.3 is 0 Å². The smallest absolute Gasteiger partial charge is 0.297 e. The number of alkyl halides is 4. The number of anilines is 1. The SMILES string of the molecule is CCCc1ccc(C(C)(F)F)cc1CNc1nc(C(F)F)nc(C(=O)N2CCC(NC3CCOCC3OC)CC2)c1C. The van der Waals surface area contributed by atoms with Crippen LogP contribution in [-0.4, -0.2) is 72.4 Å². The largest absolute Gasteiger partial charge is 0.379 e. The van der Waals surface area contributed by atoms with E-state index in [1.54, 1.807) is 25.0 Å². The number of hydrogen-bond acceptors (Lipinski definition) is 7. The number of hydrogen-bond donors (Lipinski definition) is 2. The average Bonchev–Trinajstić information content (AvgIpc) is 2.97. The molecule has 2 N–H and O–H groups in total. The van der Waals surface area contributed by atoms with E-state index in [1.165, 1.54) is 12.1 Å². The number of halogens is 4. The van der Waals surface area contributed by atoms with Crippen LogP contribution in [0.5, 0.6) is 0 Å². The first-order valence-electron chi connectivity index (χ1n) is 14.6. The first kappa shape index (κ1) is 32.1. The summed E-state index contributed by atoms with van der Waals surface area (Å²) in [7, 11) is 1.67. The zero-order valence-corrected chi connectivity index (χ0v) is 24.7. The Hall–Kier alpha value is -2.83. The molecule has 42 heavy (non-hydrogen) atoms. The van der Waals surface area contributed by atoms with Crippen molar-refractivity contribution >= 4 is 11.7 Å². The number of piperidine rings is 1. The molecule has 2 unspecified atom stereocenters. The summed E-state index contributed by atoms with van der Waals surface area (Å²) in [5, 5.41) is 6.67. The van der Waals surface area contributed by atoms with Gasteiger partial charge in [-0.3, -0.25) is 4.79 Å². The van der Waals surface area contributed by atoms with Gasteiger partial charge in [0.1, 0.15) is 11.5 Å². The molecule has 1 aromatic heterocycles. The van der Waals surface area contributed by atoms with Gasteiger partial charge in [-0.15, -0.1) is 0 Å². The van der Waals surface area contributed by atoms with Crippen LogP contribution >= 0.6 is 0 Å².